The van der Waals surface area contributed by atoms with E-state index in [9.17, 15) is 0 Å². The summed E-state index contributed by atoms with van der Waals surface area (Å²) >= 11 is -1.44. The van der Waals surface area contributed by atoms with Crippen LogP contribution in [-0.4, -0.2) is 5.92 Å². The second-order valence-corrected chi connectivity index (χ2v) is 25.8. The van der Waals surface area contributed by atoms with Crippen molar-refractivity contribution in [1.29, 1.82) is 0 Å². The molecule has 0 heterocycles. The molecule has 0 fully saturated rings. The van der Waals surface area contributed by atoms with Crippen LogP contribution < -0.4 is 9.41 Å². The van der Waals surface area contributed by atoms with Gasteiger partial charge in [-0.25, -0.2) is 0 Å². The van der Waals surface area contributed by atoms with Crippen LogP contribution in [0.2, 0.25) is 13.1 Å². The van der Waals surface area contributed by atoms with E-state index in [-0.39, 0.29) is 9.41 Å². The van der Waals surface area contributed by atoms with E-state index in [4.69, 9.17) is 0 Å². The minimum absolute atomic E-state index is 0. The van der Waals surface area contributed by atoms with Crippen molar-refractivity contribution < 1.29 is 30.3 Å². The molecule has 0 N–H and O–H groups in total. The molecule has 2 aliphatic rings. The fourth-order valence-electron chi connectivity index (χ4n) is 3.41. The third-order valence-corrected chi connectivity index (χ3v) is 23.4. The normalized spacial score (nSPS) is 16.4. The number of allylic oxidation sites excluding steroid dienone is 8. The van der Waals surface area contributed by atoms with E-state index in [1.807, 2.05) is 6.56 Å². The van der Waals surface area contributed by atoms with Gasteiger partial charge in [-0.3, -0.25) is 0 Å². The van der Waals surface area contributed by atoms with Gasteiger partial charge >= 0.3 is 134 Å². The van der Waals surface area contributed by atoms with Crippen LogP contribution in [0.5, 0.6) is 0 Å². The zero-order valence-electron chi connectivity index (χ0n) is 14.4. The Morgan fingerprint density at radius 3 is 1.59 bits per heavy atom. The Balaban J connectivity index is 0.00000220. The van der Waals surface area contributed by atoms with Gasteiger partial charge < -0.3 is 9.41 Å². The monoisotopic (exact) mass is 401 g/mol. The van der Waals surface area contributed by atoms with Gasteiger partial charge in [0.15, 0.2) is 0 Å². The molecule has 0 aromatic rings. The first-order valence-electron chi connectivity index (χ1n) is 8.32. The maximum absolute atomic E-state index is 2.62. The zero-order chi connectivity index (χ0) is 14.5. The smallest absolute Gasteiger partial charge is 1.00 e. The third-order valence-electron chi connectivity index (χ3n) is 4.23. The molecule has 0 bridgehead atoms. The number of hydrogen-bond donors (Lipinski definition) is 0. The van der Waals surface area contributed by atoms with Crippen LogP contribution in [0.1, 0.15) is 52.4 Å². The van der Waals surface area contributed by atoms with Crippen LogP contribution in [-0.2, 0) is 20.9 Å². The molecule has 0 unspecified atom stereocenters. The Labute approximate surface area is 143 Å². The Morgan fingerprint density at radius 2 is 1.27 bits per heavy atom. The van der Waals surface area contributed by atoms with Crippen molar-refractivity contribution in [2.75, 3.05) is 0 Å². The topological polar surface area (TPSA) is 0 Å². The first-order valence-corrected chi connectivity index (χ1v) is 17.9. The minimum Gasteiger partial charge on any atom is -1.00 e. The van der Waals surface area contributed by atoms with E-state index in [1.165, 1.54) is 38.5 Å². The molecule has 0 aliphatic heterocycles. The van der Waals surface area contributed by atoms with Gasteiger partial charge in [-0.15, -0.1) is 0 Å². The van der Waals surface area contributed by atoms with E-state index in [1.54, 1.807) is 11.1 Å². The first-order chi connectivity index (χ1) is 9.65. The van der Waals surface area contributed by atoms with E-state index in [0.29, 0.717) is 0 Å². The fraction of sp³-hybridized carbons (Fsp3) is 0.556. The third kappa shape index (κ3) is 5.53. The van der Waals surface area contributed by atoms with Crippen molar-refractivity contribution in [2.24, 2.45) is 0 Å². The molecular formula is C18H29F2SiZr. The zero-order valence-corrected chi connectivity index (χ0v) is 18.0. The molecule has 0 radical (unpaired) electrons. The van der Waals surface area contributed by atoms with Crippen molar-refractivity contribution in [3.05, 3.63) is 42.0 Å². The summed E-state index contributed by atoms with van der Waals surface area (Å²) in [5.41, 5.74) is 3.27. The molecule has 0 aromatic heterocycles. The molecule has 2 aliphatic carbocycles. The van der Waals surface area contributed by atoms with Crippen LogP contribution in [0, 0.1) is 0 Å². The molecular weight excluding hydrogens is 374 g/mol. The molecule has 2 rings (SSSR count). The number of rotatable bonds is 7. The van der Waals surface area contributed by atoms with Gasteiger partial charge in [0.05, 0.1) is 0 Å². The van der Waals surface area contributed by atoms with Gasteiger partial charge in [0.1, 0.15) is 0 Å². The molecule has 0 saturated heterocycles. The summed E-state index contributed by atoms with van der Waals surface area (Å²) in [4.78, 5) is 0. The van der Waals surface area contributed by atoms with Crippen molar-refractivity contribution in [1.82, 2.24) is 0 Å². The summed E-state index contributed by atoms with van der Waals surface area (Å²) < 4.78 is 3.82. The molecule has 4 heteroatoms. The number of hydrogen-bond acceptors (Lipinski definition) is 0. The predicted octanol–water partition coefficient (Wildman–Crippen LogP) is -0.376. The summed E-state index contributed by atoms with van der Waals surface area (Å²) in [6, 6.07) is 0. The van der Waals surface area contributed by atoms with Crippen LogP contribution in [0.3, 0.4) is 0 Å². The summed E-state index contributed by atoms with van der Waals surface area (Å²) in [6.07, 6.45) is 18.0. The SMILES string of the molecule is CCCC1=CC[C]([Zr+2]([C]2=CC(CCC)=CC2)[SiH](C)C)=C1.[F-].[F-]. The van der Waals surface area contributed by atoms with Crippen LogP contribution in [0.25, 0.3) is 0 Å². The minimum atomic E-state index is -1.44. The first kappa shape index (κ1) is 21.9. The quantitative estimate of drug-likeness (QED) is 0.510. The standard InChI is InChI=1S/2C8H11.C2H7Si.2FH.Zr/c2*1-2-5-8-6-3-4-7-8;1-3-2;;;/h2*6-7H,2-3,5H2,1H3;3H,1-2H3;2*1H;/q;;;;;+2/p-2. The largest absolute Gasteiger partial charge is 1.00 e. The Kier molecular flexibility index (Phi) is 10.6. The van der Waals surface area contributed by atoms with Crippen molar-refractivity contribution >= 4 is 5.92 Å². The van der Waals surface area contributed by atoms with Crippen LogP contribution >= 0.6 is 0 Å². The molecule has 22 heavy (non-hydrogen) atoms. The maximum Gasteiger partial charge on any atom is -1.00 e. The van der Waals surface area contributed by atoms with E-state index in [2.05, 4.69) is 51.2 Å². The van der Waals surface area contributed by atoms with Gasteiger partial charge in [0.2, 0.25) is 0 Å². The van der Waals surface area contributed by atoms with Gasteiger partial charge in [0, 0.05) is 0 Å². The summed E-state index contributed by atoms with van der Waals surface area (Å²) in [5.74, 6) is -0.493. The number of halogens is 2. The Hall–Kier alpha value is -0.0800. The average Bonchev–Trinajstić information content (AvgIpc) is 3.01. The van der Waals surface area contributed by atoms with Crippen LogP contribution in [0.15, 0.2) is 42.0 Å². The summed E-state index contributed by atoms with van der Waals surface area (Å²) in [6.45, 7) is 9.80. The van der Waals surface area contributed by atoms with E-state index < -0.39 is 26.8 Å². The van der Waals surface area contributed by atoms with E-state index in [0.717, 1.165) is 0 Å². The second kappa shape index (κ2) is 10.6. The molecule has 0 atom stereocenters. The molecule has 0 nitrogen and oxygen atoms in total. The fourth-order valence-corrected chi connectivity index (χ4v) is 22.5. The van der Waals surface area contributed by atoms with Crippen molar-refractivity contribution in [2.45, 2.75) is 65.5 Å². The van der Waals surface area contributed by atoms with Crippen molar-refractivity contribution in [3.63, 3.8) is 0 Å². The molecule has 0 amide bonds. The summed E-state index contributed by atoms with van der Waals surface area (Å²) in [7, 11) is 0. The summed E-state index contributed by atoms with van der Waals surface area (Å²) in [5, 5.41) is 0. The average molecular weight is 403 g/mol. The van der Waals surface area contributed by atoms with Gasteiger partial charge in [-0.1, -0.05) is 0 Å². The molecule has 0 saturated carbocycles. The van der Waals surface area contributed by atoms with Crippen LogP contribution in [0.4, 0.5) is 0 Å². The Bertz CT molecular complexity index is 435. The van der Waals surface area contributed by atoms with Gasteiger partial charge in [-0.05, 0) is 0 Å². The Morgan fingerprint density at radius 1 is 0.864 bits per heavy atom. The predicted molar refractivity (Wildman–Crippen MR) is 90.3 cm³/mol. The van der Waals surface area contributed by atoms with E-state index >= 15 is 0 Å². The van der Waals surface area contributed by atoms with Gasteiger partial charge in [-0.2, -0.15) is 0 Å². The van der Waals surface area contributed by atoms with Gasteiger partial charge in [0.25, 0.3) is 0 Å². The molecule has 123 valence electrons. The van der Waals surface area contributed by atoms with Crippen molar-refractivity contribution in [3.8, 4) is 0 Å². The second-order valence-electron chi connectivity index (χ2n) is 6.37. The molecule has 0 spiro atoms. The molecule has 0 aromatic carbocycles. The maximum atomic E-state index is 2.62.